The third-order valence-corrected chi connectivity index (χ3v) is 5.47. The van der Waals surface area contributed by atoms with Crippen molar-refractivity contribution in [3.05, 3.63) is 72.4 Å². The van der Waals surface area contributed by atoms with Gasteiger partial charge in [0.05, 0.1) is 18.5 Å². The lowest BCUT2D eigenvalue weighted by molar-refractivity contribution is 0.0923. The predicted octanol–water partition coefficient (Wildman–Crippen LogP) is 4.85. The van der Waals surface area contributed by atoms with Crippen molar-refractivity contribution in [3.8, 4) is 28.3 Å². The topological polar surface area (TPSA) is 68.5 Å². The second-order valence-electron chi connectivity index (χ2n) is 7.93. The zero-order valence-electron chi connectivity index (χ0n) is 18.2. The number of aromatic nitrogens is 3. The molecule has 4 rings (SSSR count). The van der Waals surface area contributed by atoms with E-state index >= 15 is 0 Å². The molecule has 0 saturated carbocycles. The summed E-state index contributed by atoms with van der Waals surface area (Å²) in [5, 5.41) is 7.78. The van der Waals surface area contributed by atoms with Gasteiger partial charge in [0.2, 0.25) is 0 Å². The van der Waals surface area contributed by atoms with Gasteiger partial charge in [-0.15, -0.1) is 0 Å². The minimum Gasteiger partial charge on any atom is -0.497 e. The number of hydrogen-bond acceptors (Lipinski definition) is 4. The molecule has 0 saturated heterocycles. The summed E-state index contributed by atoms with van der Waals surface area (Å²) in [5.74, 6) is 0.912. The molecule has 0 aliphatic rings. The van der Waals surface area contributed by atoms with Crippen LogP contribution in [0.1, 0.15) is 31.3 Å². The summed E-state index contributed by atoms with van der Waals surface area (Å²) >= 11 is 0. The molecule has 31 heavy (non-hydrogen) atoms. The van der Waals surface area contributed by atoms with Gasteiger partial charge in [0.25, 0.3) is 5.91 Å². The van der Waals surface area contributed by atoms with Gasteiger partial charge in [0.15, 0.2) is 5.65 Å². The molecule has 158 valence electrons. The number of nitrogens with zero attached hydrogens (tertiary/aromatic N) is 3. The Morgan fingerprint density at radius 1 is 0.935 bits per heavy atom. The van der Waals surface area contributed by atoms with Gasteiger partial charge >= 0.3 is 0 Å². The number of carbonyl (C=O) groups is 1. The van der Waals surface area contributed by atoms with E-state index in [4.69, 9.17) is 14.8 Å². The number of rotatable bonds is 6. The Kier molecular flexibility index (Phi) is 5.71. The minimum absolute atomic E-state index is 0.0318. The van der Waals surface area contributed by atoms with E-state index in [9.17, 15) is 4.79 Å². The van der Waals surface area contributed by atoms with E-state index in [1.54, 1.807) is 17.7 Å². The Morgan fingerprint density at radius 3 is 2.26 bits per heavy atom. The van der Waals surface area contributed by atoms with Crippen molar-refractivity contribution < 1.29 is 9.53 Å². The number of fused-ring (bicyclic) bond motifs is 1. The van der Waals surface area contributed by atoms with Crippen LogP contribution in [-0.2, 0) is 0 Å². The molecule has 0 aliphatic carbocycles. The van der Waals surface area contributed by atoms with Crippen molar-refractivity contribution in [3.63, 3.8) is 0 Å². The van der Waals surface area contributed by atoms with E-state index < -0.39 is 0 Å². The molecular formula is C25H26N4O2. The summed E-state index contributed by atoms with van der Waals surface area (Å²) in [4.78, 5) is 18.0. The number of carbonyl (C=O) groups excluding carboxylic acids is 1. The number of benzene rings is 2. The molecule has 1 unspecified atom stereocenters. The van der Waals surface area contributed by atoms with Crippen molar-refractivity contribution in [2.45, 2.75) is 26.8 Å². The second-order valence-corrected chi connectivity index (χ2v) is 7.93. The number of hydrogen-bond donors (Lipinski definition) is 1. The van der Waals surface area contributed by atoms with E-state index in [0.717, 1.165) is 22.6 Å². The van der Waals surface area contributed by atoms with Gasteiger partial charge in [0.1, 0.15) is 11.4 Å². The fourth-order valence-electron chi connectivity index (χ4n) is 3.24. The first-order chi connectivity index (χ1) is 15.0. The van der Waals surface area contributed by atoms with Gasteiger partial charge < -0.3 is 10.1 Å². The minimum atomic E-state index is -0.175. The van der Waals surface area contributed by atoms with Crippen LogP contribution in [0.4, 0.5) is 0 Å². The number of amides is 1. The van der Waals surface area contributed by atoms with Crippen molar-refractivity contribution in [1.29, 1.82) is 0 Å². The van der Waals surface area contributed by atoms with Crippen LogP contribution < -0.4 is 10.1 Å². The Balaban J connectivity index is 1.84. The van der Waals surface area contributed by atoms with Gasteiger partial charge in [-0.1, -0.05) is 44.2 Å². The highest BCUT2D eigenvalue weighted by molar-refractivity contribution is 5.94. The molecule has 0 radical (unpaired) electrons. The molecule has 4 aromatic rings. The molecule has 0 aliphatic heterocycles. The van der Waals surface area contributed by atoms with Crippen molar-refractivity contribution >= 4 is 11.6 Å². The van der Waals surface area contributed by atoms with Crippen molar-refractivity contribution in [2.75, 3.05) is 7.11 Å². The number of methoxy groups -OCH3 is 1. The quantitative estimate of drug-likeness (QED) is 0.490. The van der Waals surface area contributed by atoms with Crippen LogP contribution in [0.5, 0.6) is 5.75 Å². The zero-order chi connectivity index (χ0) is 22.0. The normalized spacial score (nSPS) is 12.2. The average molecular weight is 415 g/mol. The lowest BCUT2D eigenvalue weighted by atomic mass is 10.1. The van der Waals surface area contributed by atoms with E-state index in [1.165, 1.54) is 0 Å². The molecule has 2 aromatic heterocycles. The molecule has 6 heteroatoms. The lowest BCUT2D eigenvalue weighted by Gasteiger charge is -2.18. The van der Waals surface area contributed by atoms with Gasteiger partial charge in [-0.05, 0) is 43.2 Å². The fourth-order valence-corrected chi connectivity index (χ4v) is 3.24. The molecule has 0 spiro atoms. The summed E-state index contributed by atoms with van der Waals surface area (Å²) in [6.45, 7) is 6.17. The van der Waals surface area contributed by atoms with Gasteiger partial charge in [0, 0.05) is 23.2 Å². The van der Waals surface area contributed by atoms with Crippen LogP contribution in [0.3, 0.4) is 0 Å². The first kappa shape index (κ1) is 20.6. The van der Waals surface area contributed by atoms with Crippen molar-refractivity contribution in [1.82, 2.24) is 19.9 Å². The van der Waals surface area contributed by atoms with E-state index in [1.807, 2.05) is 67.6 Å². The summed E-state index contributed by atoms with van der Waals surface area (Å²) in [6, 6.07) is 21.2. The highest BCUT2D eigenvalue weighted by Gasteiger charge is 2.19. The number of ether oxygens (including phenoxy) is 1. The highest BCUT2D eigenvalue weighted by Crippen LogP contribution is 2.25. The summed E-state index contributed by atoms with van der Waals surface area (Å²) in [7, 11) is 1.63. The van der Waals surface area contributed by atoms with Gasteiger partial charge in [-0.25, -0.2) is 9.50 Å². The van der Waals surface area contributed by atoms with Crippen LogP contribution in [0.2, 0.25) is 0 Å². The van der Waals surface area contributed by atoms with Gasteiger partial charge in [-0.3, -0.25) is 4.79 Å². The summed E-state index contributed by atoms with van der Waals surface area (Å²) < 4.78 is 6.88. The van der Waals surface area contributed by atoms with E-state index in [0.29, 0.717) is 23.0 Å². The molecule has 6 nitrogen and oxygen atoms in total. The van der Waals surface area contributed by atoms with Crippen LogP contribution in [0.25, 0.3) is 28.2 Å². The van der Waals surface area contributed by atoms with Crippen LogP contribution in [0.15, 0.2) is 66.7 Å². The molecule has 1 amide bonds. The first-order valence-electron chi connectivity index (χ1n) is 10.4. The summed E-state index contributed by atoms with van der Waals surface area (Å²) in [6.07, 6.45) is 0. The number of nitrogens with one attached hydrogen (secondary N) is 1. The Bertz CT molecular complexity index is 1200. The Hall–Kier alpha value is -3.67. The maximum atomic E-state index is 13.2. The standard InChI is InChI=1S/C25H26N4O2/c1-16(2)17(3)26-25(30)23-14-21(19-10-12-20(31-4)13-11-19)27-24-15-22(28-29(23)24)18-8-6-5-7-9-18/h5-17H,1-4H3,(H,26,30). The fraction of sp³-hybridized carbons (Fsp3) is 0.240. The zero-order valence-corrected chi connectivity index (χ0v) is 18.2. The maximum Gasteiger partial charge on any atom is 0.270 e. The average Bonchev–Trinajstić information content (AvgIpc) is 3.23. The van der Waals surface area contributed by atoms with Crippen LogP contribution in [-0.4, -0.2) is 33.7 Å². The molecule has 1 N–H and O–H groups in total. The molecule has 2 aromatic carbocycles. The maximum absolute atomic E-state index is 13.2. The van der Waals surface area contributed by atoms with Gasteiger partial charge in [-0.2, -0.15) is 5.10 Å². The van der Waals surface area contributed by atoms with Crippen molar-refractivity contribution in [2.24, 2.45) is 5.92 Å². The molecule has 1 atom stereocenters. The molecule has 2 heterocycles. The van der Waals surface area contributed by atoms with Crippen LogP contribution in [0, 0.1) is 5.92 Å². The van der Waals surface area contributed by atoms with E-state index in [-0.39, 0.29) is 11.9 Å². The molecule has 0 fully saturated rings. The SMILES string of the molecule is COc1ccc(-c2cc(C(=O)NC(C)C(C)C)n3nc(-c4ccccc4)cc3n2)cc1. The summed E-state index contributed by atoms with van der Waals surface area (Å²) in [5.41, 5.74) is 4.42. The van der Waals surface area contributed by atoms with Crippen LogP contribution >= 0.6 is 0 Å². The lowest BCUT2D eigenvalue weighted by Crippen LogP contribution is -2.37. The second kappa shape index (κ2) is 8.60. The molecule has 0 bridgehead atoms. The van der Waals surface area contributed by atoms with E-state index in [2.05, 4.69) is 19.2 Å². The monoisotopic (exact) mass is 414 g/mol. The Labute approximate surface area is 181 Å². The highest BCUT2D eigenvalue weighted by atomic mass is 16.5. The largest absolute Gasteiger partial charge is 0.497 e. The predicted molar refractivity (Wildman–Crippen MR) is 122 cm³/mol. The Morgan fingerprint density at radius 2 is 1.61 bits per heavy atom. The smallest absolute Gasteiger partial charge is 0.270 e. The first-order valence-corrected chi connectivity index (χ1v) is 10.4. The third kappa shape index (κ3) is 4.28. The third-order valence-electron chi connectivity index (χ3n) is 5.47. The molecular weight excluding hydrogens is 388 g/mol.